The Balaban J connectivity index is 2.14. The summed E-state index contributed by atoms with van der Waals surface area (Å²) in [5, 5.41) is 0. The number of hydrogen-bond donors (Lipinski definition) is 1. The summed E-state index contributed by atoms with van der Waals surface area (Å²) in [6.45, 7) is 4.73. The zero-order valence-corrected chi connectivity index (χ0v) is 10.8. The lowest BCUT2D eigenvalue weighted by atomic mass is 10.00. The van der Waals surface area contributed by atoms with Gasteiger partial charge in [0.15, 0.2) is 0 Å². The zero-order chi connectivity index (χ0) is 13.1. The Kier molecular flexibility index (Phi) is 3.82. The summed E-state index contributed by atoms with van der Waals surface area (Å²) in [6.07, 6.45) is 3.95. The Morgan fingerprint density at radius 1 is 1.22 bits per heavy atom. The van der Waals surface area contributed by atoms with Gasteiger partial charge < -0.3 is 10.3 Å². The van der Waals surface area contributed by atoms with Crippen LogP contribution in [0.2, 0.25) is 0 Å². The molecule has 2 aromatic rings. The molecular weight excluding hydrogens is 227 g/mol. The van der Waals surface area contributed by atoms with Gasteiger partial charge in [0.2, 0.25) is 0 Å². The second kappa shape index (κ2) is 5.36. The summed E-state index contributed by atoms with van der Waals surface area (Å²) in [4.78, 5) is 0. The molecule has 0 saturated heterocycles. The molecule has 0 aliphatic carbocycles. The van der Waals surface area contributed by atoms with Crippen molar-refractivity contribution in [1.29, 1.82) is 0 Å². The molecule has 0 fully saturated rings. The highest BCUT2D eigenvalue weighted by Gasteiger charge is 2.11. The summed E-state index contributed by atoms with van der Waals surface area (Å²) < 4.78 is 15.5. The molecule has 2 N–H and O–H groups in total. The molecule has 0 amide bonds. The molecule has 0 spiro atoms. The lowest BCUT2D eigenvalue weighted by Crippen LogP contribution is -2.15. The van der Waals surface area contributed by atoms with Crippen LogP contribution >= 0.6 is 0 Å². The minimum absolute atomic E-state index is 0.0341. The predicted octanol–water partition coefficient (Wildman–Crippen LogP) is 3.33. The van der Waals surface area contributed by atoms with Crippen LogP contribution in [0.5, 0.6) is 0 Å². The van der Waals surface area contributed by atoms with Crippen LogP contribution in [0.3, 0.4) is 0 Å². The molecule has 1 unspecified atom stereocenters. The first-order chi connectivity index (χ1) is 8.58. The first-order valence-electron chi connectivity index (χ1n) is 6.22. The lowest BCUT2D eigenvalue weighted by Gasteiger charge is -2.13. The Bertz CT molecular complexity index is 517. The number of benzene rings is 1. The molecule has 0 bridgehead atoms. The largest absolute Gasteiger partial charge is 0.349 e. The van der Waals surface area contributed by atoms with Gasteiger partial charge in [-0.1, -0.05) is 32.0 Å². The van der Waals surface area contributed by atoms with E-state index in [-0.39, 0.29) is 11.9 Å². The summed E-state index contributed by atoms with van der Waals surface area (Å²) in [7, 11) is 0. The third-order valence-electron chi connectivity index (χ3n) is 3.19. The van der Waals surface area contributed by atoms with Gasteiger partial charge in [0.25, 0.3) is 0 Å². The Morgan fingerprint density at radius 3 is 2.61 bits per heavy atom. The highest BCUT2D eigenvalue weighted by Crippen LogP contribution is 2.19. The van der Waals surface area contributed by atoms with Crippen molar-refractivity contribution >= 4 is 0 Å². The van der Waals surface area contributed by atoms with E-state index in [0.717, 1.165) is 5.56 Å². The summed E-state index contributed by atoms with van der Waals surface area (Å²) in [5.74, 6) is 0.232. The zero-order valence-electron chi connectivity index (χ0n) is 10.8. The van der Waals surface area contributed by atoms with Gasteiger partial charge in [-0.15, -0.1) is 0 Å². The smallest absolute Gasteiger partial charge is 0.128 e. The SMILES string of the molecule is CC(C)C(N)c1ccn(Cc2ccccc2F)c1. The van der Waals surface area contributed by atoms with E-state index in [9.17, 15) is 4.39 Å². The highest BCUT2D eigenvalue weighted by molar-refractivity contribution is 5.20. The molecule has 1 aromatic carbocycles. The van der Waals surface area contributed by atoms with Crippen LogP contribution in [0.1, 0.15) is 31.0 Å². The molecule has 0 saturated carbocycles. The van der Waals surface area contributed by atoms with Crippen molar-refractivity contribution in [2.24, 2.45) is 11.7 Å². The third-order valence-corrected chi connectivity index (χ3v) is 3.19. The molecule has 0 aliphatic rings. The average Bonchev–Trinajstić information content (AvgIpc) is 2.79. The van der Waals surface area contributed by atoms with E-state index in [1.807, 2.05) is 29.1 Å². The van der Waals surface area contributed by atoms with Crippen molar-refractivity contribution in [3.63, 3.8) is 0 Å². The van der Waals surface area contributed by atoms with Gasteiger partial charge in [-0.2, -0.15) is 0 Å². The van der Waals surface area contributed by atoms with E-state index in [4.69, 9.17) is 5.73 Å². The molecule has 0 aliphatic heterocycles. The van der Waals surface area contributed by atoms with Gasteiger partial charge in [-0.05, 0) is 23.6 Å². The lowest BCUT2D eigenvalue weighted by molar-refractivity contribution is 0.513. The van der Waals surface area contributed by atoms with Gasteiger partial charge >= 0.3 is 0 Å². The topological polar surface area (TPSA) is 30.9 Å². The number of halogens is 1. The second-order valence-corrected chi connectivity index (χ2v) is 4.98. The van der Waals surface area contributed by atoms with Crippen molar-refractivity contribution < 1.29 is 4.39 Å². The molecule has 0 radical (unpaired) electrons. The molecule has 96 valence electrons. The number of aromatic nitrogens is 1. The maximum absolute atomic E-state index is 13.5. The molecule has 1 atom stereocenters. The minimum atomic E-state index is -0.166. The van der Waals surface area contributed by atoms with E-state index < -0.39 is 0 Å². The number of nitrogens with zero attached hydrogens (tertiary/aromatic N) is 1. The Hall–Kier alpha value is -1.61. The van der Waals surface area contributed by atoms with E-state index in [0.29, 0.717) is 18.0 Å². The van der Waals surface area contributed by atoms with Gasteiger partial charge in [-0.3, -0.25) is 0 Å². The molecule has 1 aromatic heterocycles. The fourth-order valence-corrected chi connectivity index (χ4v) is 1.96. The van der Waals surface area contributed by atoms with Crippen molar-refractivity contribution in [2.75, 3.05) is 0 Å². The summed E-state index contributed by atoms with van der Waals surface area (Å²) in [6, 6.07) is 8.88. The summed E-state index contributed by atoms with van der Waals surface area (Å²) >= 11 is 0. The van der Waals surface area contributed by atoms with E-state index in [1.165, 1.54) is 6.07 Å². The van der Waals surface area contributed by atoms with Crippen LogP contribution in [-0.2, 0) is 6.54 Å². The maximum Gasteiger partial charge on any atom is 0.128 e. The van der Waals surface area contributed by atoms with Gasteiger partial charge in [0, 0.05) is 30.5 Å². The van der Waals surface area contributed by atoms with Crippen LogP contribution in [0.15, 0.2) is 42.7 Å². The van der Waals surface area contributed by atoms with E-state index >= 15 is 0 Å². The fraction of sp³-hybridized carbons (Fsp3) is 0.333. The van der Waals surface area contributed by atoms with Crippen LogP contribution < -0.4 is 5.73 Å². The second-order valence-electron chi connectivity index (χ2n) is 4.98. The number of nitrogens with two attached hydrogens (primary N) is 1. The average molecular weight is 246 g/mol. The fourth-order valence-electron chi connectivity index (χ4n) is 1.96. The van der Waals surface area contributed by atoms with Gasteiger partial charge in [-0.25, -0.2) is 4.39 Å². The monoisotopic (exact) mass is 246 g/mol. The first kappa shape index (κ1) is 12.8. The highest BCUT2D eigenvalue weighted by atomic mass is 19.1. The quantitative estimate of drug-likeness (QED) is 0.881. The van der Waals surface area contributed by atoms with Gasteiger partial charge in [0.1, 0.15) is 5.82 Å². The van der Waals surface area contributed by atoms with E-state index in [1.54, 1.807) is 12.1 Å². The summed E-state index contributed by atoms with van der Waals surface area (Å²) in [5.41, 5.74) is 7.88. The van der Waals surface area contributed by atoms with E-state index in [2.05, 4.69) is 13.8 Å². The van der Waals surface area contributed by atoms with Crippen molar-refractivity contribution in [3.8, 4) is 0 Å². The molecule has 18 heavy (non-hydrogen) atoms. The van der Waals surface area contributed by atoms with Crippen molar-refractivity contribution in [2.45, 2.75) is 26.4 Å². The first-order valence-corrected chi connectivity index (χ1v) is 6.22. The number of hydrogen-bond acceptors (Lipinski definition) is 1. The maximum atomic E-state index is 13.5. The molecule has 1 heterocycles. The van der Waals surface area contributed by atoms with Crippen LogP contribution in [0, 0.1) is 11.7 Å². The third kappa shape index (κ3) is 2.79. The Labute approximate surface area is 107 Å². The Morgan fingerprint density at radius 2 is 1.94 bits per heavy atom. The van der Waals surface area contributed by atoms with Crippen LogP contribution in [-0.4, -0.2) is 4.57 Å². The molecule has 2 rings (SSSR count). The van der Waals surface area contributed by atoms with Crippen LogP contribution in [0.25, 0.3) is 0 Å². The number of rotatable bonds is 4. The van der Waals surface area contributed by atoms with Gasteiger partial charge in [0.05, 0.1) is 0 Å². The normalized spacial score (nSPS) is 12.9. The molecule has 2 nitrogen and oxygen atoms in total. The standard InChI is InChI=1S/C15H19FN2/c1-11(2)15(17)13-7-8-18(10-13)9-12-5-3-4-6-14(12)16/h3-8,10-11,15H,9,17H2,1-2H3. The molecular formula is C15H19FN2. The van der Waals surface area contributed by atoms with Crippen LogP contribution in [0.4, 0.5) is 4.39 Å². The minimum Gasteiger partial charge on any atom is -0.349 e. The predicted molar refractivity (Wildman–Crippen MR) is 71.7 cm³/mol. The molecule has 3 heteroatoms. The van der Waals surface area contributed by atoms with Crippen molar-refractivity contribution in [1.82, 2.24) is 4.57 Å². The van der Waals surface area contributed by atoms with Crippen molar-refractivity contribution in [3.05, 3.63) is 59.7 Å².